The molecule has 3 nitrogen and oxygen atoms in total. The summed E-state index contributed by atoms with van der Waals surface area (Å²) in [5.74, 6) is 0.181. The van der Waals surface area contributed by atoms with Gasteiger partial charge in [-0.05, 0) is 42.2 Å². The Morgan fingerprint density at radius 3 is 2.33 bits per heavy atom. The molecule has 0 saturated heterocycles. The van der Waals surface area contributed by atoms with E-state index in [1.807, 2.05) is 19.1 Å². The van der Waals surface area contributed by atoms with Crippen LogP contribution in [0.4, 0.5) is 0 Å². The van der Waals surface area contributed by atoms with Crippen LogP contribution in [-0.4, -0.2) is 11.6 Å². The van der Waals surface area contributed by atoms with E-state index in [4.69, 9.17) is 23.2 Å². The van der Waals surface area contributed by atoms with Gasteiger partial charge >= 0.3 is 0 Å². The van der Waals surface area contributed by atoms with Gasteiger partial charge in [0.15, 0.2) is 0 Å². The summed E-state index contributed by atoms with van der Waals surface area (Å²) in [5, 5.41) is 5.30. The van der Waals surface area contributed by atoms with Crippen LogP contribution in [0.25, 0.3) is 0 Å². The number of carbonyl (C=O) groups is 1. The van der Waals surface area contributed by atoms with E-state index in [1.165, 1.54) is 5.56 Å². The Morgan fingerprint density at radius 2 is 1.79 bits per heavy atom. The number of nitrogens with one attached hydrogen (secondary N) is 1. The fraction of sp³-hybridized carbons (Fsp3) is 0.263. The van der Waals surface area contributed by atoms with E-state index in [2.05, 4.69) is 24.4 Å². The van der Waals surface area contributed by atoms with Crippen LogP contribution in [0.5, 0.6) is 0 Å². The first-order valence-electron chi connectivity index (χ1n) is 7.84. The zero-order chi connectivity index (χ0) is 17.7. The van der Waals surface area contributed by atoms with Crippen LogP contribution in [0.3, 0.4) is 0 Å². The van der Waals surface area contributed by atoms with Crippen molar-refractivity contribution in [1.82, 2.24) is 5.43 Å². The highest BCUT2D eigenvalue weighted by molar-refractivity contribution is 6.37. The third-order valence-corrected chi connectivity index (χ3v) is 4.26. The van der Waals surface area contributed by atoms with Gasteiger partial charge in [-0.2, -0.15) is 5.10 Å². The van der Waals surface area contributed by atoms with Crippen LogP contribution in [0.1, 0.15) is 54.6 Å². The van der Waals surface area contributed by atoms with Crippen molar-refractivity contribution in [3.63, 3.8) is 0 Å². The molecule has 126 valence electrons. The Labute approximate surface area is 152 Å². The molecular weight excluding hydrogens is 343 g/mol. The zero-order valence-corrected chi connectivity index (χ0v) is 15.4. The van der Waals surface area contributed by atoms with Gasteiger partial charge in [0, 0.05) is 16.1 Å². The normalized spacial score (nSPS) is 11.7. The fourth-order valence-corrected chi connectivity index (χ4v) is 2.77. The summed E-state index contributed by atoms with van der Waals surface area (Å²) >= 11 is 12.1. The van der Waals surface area contributed by atoms with Crippen LogP contribution in [-0.2, 0) is 0 Å². The monoisotopic (exact) mass is 362 g/mol. The third kappa shape index (κ3) is 4.59. The lowest BCUT2D eigenvalue weighted by atomic mass is 10.0. The first kappa shape index (κ1) is 18.5. The summed E-state index contributed by atoms with van der Waals surface area (Å²) in [7, 11) is 0. The molecular formula is C19H20Cl2N2O. The number of amides is 1. The van der Waals surface area contributed by atoms with Crippen LogP contribution in [0, 0.1) is 0 Å². The van der Waals surface area contributed by atoms with Crippen molar-refractivity contribution in [2.24, 2.45) is 5.10 Å². The first-order chi connectivity index (χ1) is 11.4. The van der Waals surface area contributed by atoms with Crippen LogP contribution in [0.2, 0.25) is 10.0 Å². The van der Waals surface area contributed by atoms with Crippen LogP contribution >= 0.6 is 23.2 Å². The molecule has 24 heavy (non-hydrogen) atoms. The maximum atomic E-state index is 12.2. The van der Waals surface area contributed by atoms with Crippen molar-refractivity contribution in [1.29, 1.82) is 0 Å². The van der Waals surface area contributed by atoms with Crippen LogP contribution in [0.15, 0.2) is 47.6 Å². The van der Waals surface area contributed by atoms with E-state index in [0.717, 1.165) is 5.56 Å². The quantitative estimate of drug-likeness (QED) is 0.540. The summed E-state index contributed by atoms with van der Waals surface area (Å²) in [6.07, 6.45) is 0.633. The molecule has 0 spiro atoms. The van der Waals surface area contributed by atoms with Gasteiger partial charge in [0.05, 0.1) is 10.7 Å². The summed E-state index contributed by atoms with van der Waals surface area (Å²) in [5.41, 5.74) is 5.82. The Bertz CT molecular complexity index is 752. The first-order valence-corrected chi connectivity index (χ1v) is 8.60. The van der Waals surface area contributed by atoms with Gasteiger partial charge < -0.3 is 0 Å². The highest BCUT2D eigenvalue weighted by Crippen LogP contribution is 2.22. The summed E-state index contributed by atoms with van der Waals surface area (Å²) in [4.78, 5) is 12.2. The Kier molecular flexibility index (Phi) is 6.41. The molecule has 0 aliphatic heterocycles. The van der Waals surface area contributed by atoms with Gasteiger partial charge in [0.1, 0.15) is 0 Å². The lowest BCUT2D eigenvalue weighted by Gasteiger charge is -2.09. The minimum atomic E-state index is -0.249. The van der Waals surface area contributed by atoms with Crippen molar-refractivity contribution in [2.45, 2.75) is 33.1 Å². The molecule has 1 N–H and O–H groups in total. The van der Waals surface area contributed by atoms with Gasteiger partial charge in [0.25, 0.3) is 5.91 Å². The van der Waals surface area contributed by atoms with Gasteiger partial charge in [0.2, 0.25) is 0 Å². The molecule has 0 aromatic heterocycles. The fourth-order valence-electron chi connectivity index (χ4n) is 2.26. The summed E-state index contributed by atoms with van der Waals surface area (Å²) in [6.45, 7) is 6.18. The Morgan fingerprint density at radius 1 is 1.12 bits per heavy atom. The van der Waals surface area contributed by atoms with Crippen molar-refractivity contribution in [3.05, 3.63) is 69.2 Å². The molecule has 0 atom stereocenters. The molecule has 0 bridgehead atoms. The lowest BCUT2D eigenvalue weighted by Crippen LogP contribution is -2.20. The highest BCUT2D eigenvalue weighted by atomic mass is 35.5. The van der Waals surface area contributed by atoms with Crippen molar-refractivity contribution >= 4 is 34.8 Å². The lowest BCUT2D eigenvalue weighted by molar-refractivity contribution is 0.0955. The van der Waals surface area contributed by atoms with E-state index >= 15 is 0 Å². The van der Waals surface area contributed by atoms with Crippen molar-refractivity contribution < 1.29 is 4.79 Å². The average Bonchev–Trinajstić information content (AvgIpc) is 2.56. The minimum absolute atomic E-state index is 0.249. The highest BCUT2D eigenvalue weighted by Gasteiger charge is 2.10. The number of nitrogens with zero attached hydrogens (tertiary/aromatic N) is 1. The van der Waals surface area contributed by atoms with Gasteiger partial charge in [-0.25, -0.2) is 5.43 Å². The molecule has 1 amide bonds. The van der Waals surface area contributed by atoms with Crippen molar-refractivity contribution in [3.8, 4) is 0 Å². The van der Waals surface area contributed by atoms with Gasteiger partial charge in [-0.1, -0.05) is 62.2 Å². The third-order valence-electron chi connectivity index (χ3n) is 3.71. The second-order valence-electron chi connectivity index (χ2n) is 5.75. The minimum Gasteiger partial charge on any atom is -0.267 e. The molecule has 0 unspecified atom stereocenters. The summed E-state index contributed by atoms with van der Waals surface area (Å²) in [6, 6.07) is 12.7. The second kappa shape index (κ2) is 8.32. The number of hydrogen-bond acceptors (Lipinski definition) is 2. The largest absolute Gasteiger partial charge is 0.271 e. The number of carbonyl (C=O) groups excluding carboxylic acids is 1. The molecule has 2 rings (SSSR count). The van der Waals surface area contributed by atoms with E-state index in [-0.39, 0.29) is 5.91 Å². The van der Waals surface area contributed by atoms with E-state index in [9.17, 15) is 4.79 Å². The molecule has 0 saturated carbocycles. The molecule has 0 fully saturated rings. The van der Waals surface area contributed by atoms with Gasteiger partial charge in [-0.15, -0.1) is 0 Å². The Hall–Kier alpha value is -1.84. The molecule has 0 heterocycles. The topological polar surface area (TPSA) is 41.5 Å². The number of halogens is 2. The van der Waals surface area contributed by atoms with E-state index < -0.39 is 0 Å². The molecule has 2 aromatic carbocycles. The zero-order valence-electron chi connectivity index (χ0n) is 13.9. The summed E-state index contributed by atoms with van der Waals surface area (Å²) < 4.78 is 0. The van der Waals surface area contributed by atoms with Crippen LogP contribution < -0.4 is 5.43 Å². The van der Waals surface area contributed by atoms with E-state index in [0.29, 0.717) is 33.7 Å². The average molecular weight is 363 g/mol. The maximum Gasteiger partial charge on any atom is 0.271 e. The number of rotatable bonds is 5. The second-order valence-corrected chi connectivity index (χ2v) is 6.60. The molecule has 2 aromatic rings. The Balaban J connectivity index is 2.16. The number of hydrogen-bond donors (Lipinski definition) is 1. The SMILES string of the molecule is CC/C(=N\NC(=O)c1ccc(C(C)C)cc1)c1ccc(Cl)cc1Cl. The molecule has 5 heteroatoms. The smallest absolute Gasteiger partial charge is 0.267 e. The van der Waals surface area contributed by atoms with E-state index in [1.54, 1.807) is 30.3 Å². The standard InChI is InChI=1S/C19H20Cl2N2O/c1-4-18(16-10-9-15(20)11-17(16)21)22-23-19(24)14-7-5-13(6-8-14)12(2)3/h5-12H,4H2,1-3H3,(H,23,24)/b22-18+. The molecule has 0 aliphatic carbocycles. The van der Waals surface area contributed by atoms with Gasteiger partial charge in [-0.3, -0.25) is 4.79 Å². The van der Waals surface area contributed by atoms with Crippen molar-refractivity contribution in [2.75, 3.05) is 0 Å². The predicted molar refractivity (Wildman–Crippen MR) is 101 cm³/mol. The maximum absolute atomic E-state index is 12.2. The number of benzene rings is 2. The molecule has 0 aliphatic rings. The predicted octanol–water partition coefficient (Wildman–Crippen LogP) is 5.66. The molecule has 0 radical (unpaired) electrons. The number of hydrazone groups is 1.